The van der Waals surface area contributed by atoms with Crippen molar-refractivity contribution in [1.82, 2.24) is 10.3 Å². The predicted octanol–water partition coefficient (Wildman–Crippen LogP) is 4.37. The number of fused-ring (bicyclic) bond motifs is 1. The lowest BCUT2D eigenvalue weighted by atomic mass is 10.0. The first-order valence-electron chi connectivity index (χ1n) is 8.37. The molecule has 0 unspecified atom stereocenters. The van der Waals surface area contributed by atoms with Crippen LogP contribution in [0.5, 0.6) is 0 Å². The minimum atomic E-state index is -0.642. The largest absolute Gasteiger partial charge is 0.451 e. The molecule has 0 saturated carbocycles. The Morgan fingerprint density at radius 1 is 1.07 bits per heavy atom. The van der Waals surface area contributed by atoms with Crippen LogP contribution in [0.4, 0.5) is 5.82 Å². The number of rotatable bonds is 3. The van der Waals surface area contributed by atoms with E-state index in [-0.39, 0.29) is 22.6 Å². The molecule has 0 spiro atoms. The fourth-order valence-corrected chi connectivity index (χ4v) is 3.02. The van der Waals surface area contributed by atoms with E-state index in [9.17, 15) is 9.59 Å². The Labute approximate surface area is 163 Å². The molecule has 0 fully saturated rings. The quantitative estimate of drug-likeness (QED) is 0.553. The summed E-state index contributed by atoms with van der Waals surface area (Å²) in [6.45, 7) is 3.87. The van der Waals surface area contributed by atoms with Gasteiger partial charge in [0.25, 0.3) is 5.91 Å². The summed E-state index contributed by atoms with van der Waals surface area (Å²) in [6, 6.07) is 11.6. The number of benzene rings is 2. The van der Waals surface area contributed by atoms with E-state index >= 15 is 0 Å². The van der Waals surface area contributed by atoms with E-state index in [1.807, 2.05) is 32.0 Å². The number of aryl methyl sites for hydroxylation is 2. The van der Waals surface area contributed by atoms with Gasteiger partial charge in [-0.2, -0.15) is 0 Å². The highest BCUT2D eigenvalue weighted by Gasteiger charge is 2.20. The maximum Gasteiger partial charge on any atom is 0.292 e. The summed E-state index contributed by atoms with van der Waals surface area (Å²) >= 11 is 5.90. The molecule has 0 bridgehead atoms. The molecule has 4 rings (SSSR count). The Balaban J connectivity index is 1.70. The van der Waals surface area contributed by atoms with Crippen molar-refractivity contribution >= 4 is 34.3 Å². The molecule has 0 saturated heterocycles. The average Bonchev–Trinajstić information content (AvgIpc) is 3.12. The van der Waals surface area contributed by atoms with Gasteiger partial charge in [0.15, 0.2) is 16.9 Å². The van der Waals surface area contributed by atoms with Crippen LogP contribution in [0.25, 0.3) is 22.2 Å². The van der Waals surface area contributed by atoms with E-state index in [2.05, 4.69) is 15.6 Å². The topological polar surface area (TPSA) is 98.2 Å². The minimum absolute atomic E-state index is 0.137. The summed E-state index contributed by atoms with van der Waals surface area (Å²) < 4.78 is 10.4. The molecule has 8 heteroatoms. The number of carbonyl (C=O) groups excluding carboxylic acids is 1. The number of carbonyl (C=O) groups is 1. The molecule has 4 aromatic rings. The molecule has 0 aliphatic heterocycles. The molecule has 28 heavy (non-hydrogen) atoms. The third-order valence-corrected chi connectivity index (χ3v) is 4.52. The summed E-state index contributed by atoms with van der Waals surface area (Å²) in [7, 11) is 0. The first kappa shape index (κ1) is 17.9. The molecule has 2 heterocycles. The smallest absolute Gasteiger partial charge is 0.292 e. The molecule has 7 nitrogen and oxygen atoms in total. The van der Waals surface area contributed by atoms with Crippen LogP contribution in [0.2, 0.25) is 5.02 Å². The lowest BCUT2D eigenvalue weighted by Crippen LogP contribution is -2.15. The van der Waals surface area contributed by atoms with Gasteiger partial charge < -0.3 is 4.42 Å². The van der Waals surface area contributed by atoms with Crippen LogP contribution in [0.3, 0.4) is 0 Å². The van der Waals surface area contributed by atoms with Crippen LogP contribution >= 0.6 is 11.6 Å². The Kier molecular flexibility index (Phi) is 4.44. The highest BCUT2D eigenvalue weighted by Crippen LogP contribution is 2.28. The number of anilines is 1. The molecule has 2 aromatic heterocycles. The molecular weight excluding hydrogens is 382 g/mol. The molecule has 1 amide bonds. The average molecular weight is 396 g/mol. The zero-order valence-electron chi connectivity index (χ0n) is 14.9. The third-order valence-electron chi connectivity index (χ3n) is 4.28. The van der Waals surface area contributed by atoms with Gasteiger partial charge in [-0.3, -0.25) is 14.9 Å². The molecule has 0 radical (unpaired) electrons. The number of hydrogen-bond acceptors (Lipinski definition) is 6. The molecule has 2 aromatic carbocycles. The van der Waals surface area contributed by atoms with Gasteiger partial charge in [-0.25, -0.2) is 4.63 Å². The SMILES string of the molecule is Cc1ccc(C)c(-c2nonc2NC(=O)c2cc(=O)c3cc(Cl)ccc3o2)c1. The normalized spacial score (nSPS) is 11.0. The monoisotopic (exact) mass is 395 g/mol. The number of halogens is 1. The molecular formula is C20H14ClN3O4. The number of nitrogens with zero attached hydrogens (tertiary/aromatic N) is 2. The van der Waals surface area contributed by atoms with Crippen molar-refractivity contribution < 1.29 is 13.8 Å². The number of amides is 1. The van der Waals surface area contributed by atoms with Crippen molar-refractivity contribution in [2.24, 2.45) is 0 Å². The Morgan fingerprint density at radius 3 is 2.71 bits per heavy atom. The number of hydrogen-bond donors (Lipinski definition) is 1. The molecule has 140 valence electrons. The van der Waals surface area contributed by atoms with Gasteiger partial charge in [-0.1, -0.05) is 29.3 Å². The van der Waals surface area contributed by atoms with Crippen LogP contribution in [-0.2, 0) is 0 Å². The molecule has 0 aliphatic carbocycles. The Morgan fingerprint density at radius 2 is 1.89 bits per heavy atom. The van der Waals surface area contributed by atoms with Crippen molar-refractivity contribution in [3.8, 4) is 11.3 Å². The zero-order chi connectivity index (χ0) is 19.8. The molecule has 1 N–H and O–H groups in total. The summed E-state index contributed by atoms with van der Waals surface area (Å²) in [4.78, 5) is 24.9. The maximum absolute atomic E-state index is 12.6. The van der Waals surface area contributed by atoms with Crippen molar-refractivity contribution in [2.45, 2.75) is 13.8 Å². The van der Waals surface area contributed by atoms with E-state index in [1.165, 1.54) is 12.1 Å². The summed E-state index contributed by atoms with van der Waals surface area (Å²) in [5, 5.41) is 11.0. The summed E-state index contributed by atoms with van der Waals surface area (Å²) in [6.07, 6.45) is 0. The second kappa shape index (κ2) is 6.94. The lowest BCUT2D eigenvalue weighted by Gasteiger charge is -2.06. The van der Waals surface area contributed by atoms with Crippen molar-refractivity contribution in [2.75, 3.05) is 5.32 Å². The van der Waals surface area contributed by atoms with Crippen LogP contribution in [0.15, 0.2) is 56.3 Å². The van der Waals surface area contributed by atoms with Gasteiger partial charge in [0, 0.05) is 16.7 Å². The van der Waals surface area contributed by atoms with Gasteiger partial charge in [0.1, 0.15) is 5.58 Å². The van der Waals surface area contributed by atoms with Gasteiger partial charge >= 0.3 is 0 Å². The summed E-state index contributed by atoms with van der Waals surface area (Å²) in [5.74, 6) is -0.663. The van der Waals surface area contributed by atoms with E-state index < -0.39 is 5.91 Å². The van der Waals surface area contributed by atoms with E-state index in [0.29, 0.717) is 16.1 Å². The first-order valence-corrected chi connectivity index (χ1v) is 8.75. The van der Waals surface area contributed by atoms with Crippen LogP contribution in [-0.4, -0.2) is 16.2 Å². The van der Waals surface area contributed by atoms with Crippen LogP contribution in [0.1, 0.15) is 21.7 Å². The number of aromatic nitrogens is 2. The van der Waals surface area contributed by atoms with Gasteiger partial charge in [-0.15, -0.1) is 0 Å². The molecule has 0 aliphatic rings. The van der Waals surface area contributed by atoms with E-state index in [1.54, 1.807) is 6.07 Å². The zero-order valence-corrected chi connectivity index (χ0v) is 15.7. The fourth-order valence-electron chi connectivity index (χ4n) is 2.85. The Bertz CT molecular complexity index is 1280. The van der Waals surface area contributed by atoms with E-state index in [0.717, 1.165) is 22.8 Å². The van der Waals surface area contributed by atoms with Gasteiger partial charge in [0.2, 0.25) is 5.82 Å². The minimum Gasteiger partial charge on any atom is -0.451 e. The van der Waals surface area contributed by atoms with Crippen molar-refractivity contribution in [1.29, 1.82) is 0 Å². The predicted molar refractivity (Wildman–Crippen MR) is 105 cm³/mol. The fraction of sp³-hybridized carbons (Fsp3) is 0.100. The Hall–Kier alpha value is -3.45. The van der Waals surface area contributed by atoms with Crippen LogP contribution in [0, 0.1) is 13.8 Å². The van der Waals surface area contributed by atoms with Crippen molar-refractivity contribution in [3.63, 3.8) is 0 Å². The second-order valence-electron chi connectivity index (χ2n) is 6.35. The van der Waals surface area contributed by atoms with Crippen molar-refractivity contribution in [3.05, 3.63) is 74.6 Å². The maximum atomic E-state index is 12.6. The highest BCUT2D eigenvalue weighted by atomic mass is 35.5. The third kappa shape index (κ3) is 3.27. The molecule has 0 atom stereocenters. The van der Waals surface area contributed by atoms with Crippen LogP contribution < -0.4 is 10.7 Å². The summed E-state index contributed by atoms with van der Waals surface area (Å²) in [5.41, 5.74) is 3.04. The number of nitrogens with one attached hydrogen (secondary N) is 1. The van der Waals surface area contributed by atoms with E-state index in [4.69, 9.17) is 20.6 Å². The standard InChI is InChI=1S/C20H14ClN3O4/c1-10-3-4-11(2)13(7-10)18-19(24-28-23-18)22-20(26)17-9-15(25)14-8-12(21)5-6-16(14)27-17/h3-9H,1-2H3,(H,22,24,26). The van der Waals surface area contributed by atoms with Gasteiger partial charge in [0.05, 0.1) is 5.39 Å². The first-order chi connectivity index (χ1) is 13.4. The highest BCUT2D eigenvalue weighted by molar-refractivity contribution is 6.31. The second-order valence-corrected chi connectivity index (χ2v) is 6.79. The lowest BCUT2D eigenvalue weighted by molar-refractivity contribution is 0.0996. The van der Waals surface area contributed by atoms with Gasteiger partial charge in [-0.05, 0) is 54.0 Å².